The standard InChI is InChI=1S/C25H28FN3O3/c1-17-14-22(19(3)29(17)15-20-5-7-21(26)8-6-20)23(30)16-27-10-12-28(13-11-27)25(31)24-9-4-18(2)32-24/h4-9,14H,10-13,15-16H2,1-3H3. The van der Waals surface area contributed by atoms with E-state index in [4.69, 9.17) is 4.42 Å². The largest absolute Gasteiger partial charge is 0.456 e. The van der Waals surface area contributed by atoms with Crippen LogP contribution in [-0.4, -0.2) is 58.8 Å². The van der Waals surface area contributed by atoms with Crippen LogP contribution in [0, 0.1) is 26.6 Å². The molecule has 1 saturated heterocycles. The van der Waals surface area contributed by atoms with Gasteiger partial charge in [-0.2, -0.15) is 0 Å². The minimum atomic E-state index is -0.258. The second-order valence-electron chi connectivity index (χ2n) is 8.40. The van der Waals surface area contributed by atoms with Crippen LogP contribution in [0.25, 0.3) is 0 Å². The summed E-state index contributed by atoms with van der Waals surface area (Å²) in [5.74, 6) is 0.792. The monoisotopic (exact) mass is 437 g/mol. The summed E-state index contributed by atoms with van der Waals surface area (Å²) < 4.78 is 20.7. The summed E-state index contributed by atoms with van der Waals surface area (Å²) >= 11 is 0. The summed E-state index contributed by atoms with van der Waals surface area (Å²) in [4.78, 5) is 29.4. The Labute approximate surface area is 187 Å². The average Bonchev–Trinajstić information content (AvgIpc) is 3.33. The van der Waals surface area contributed by atoms with Crippen molar-refractivity contribution < 1.29 is 18.4 Å². The summed E-state index contributed by atoms with van der Waals surface area (Å²) in [6, 6.07) is 11.9. The minimum absolute atomic E-state index is 0.0740. The Balaban J connectivity index is 1.36. The maximum Gasteiger partial charge on any atom is 0.289 e. The molecule has 3 heterocycles. The van der Waals surface area contributed by atoms with Crippen LogP contribution in [0.2, 0.25) is 0 Å². The van der Waals surface area contributed by atoms with E-state index in [1.54, 1.807) is 29.2 Å². The van der Waals surface area contributed by atoms with Crippen molar-refractivity contribution in [3.05, 3.63) is 82.3 Å². The van der Waals surface area contributed by atoms with Crippen LogP contribution in [0.3, 0.4) is 0 Å². The van der Waals surface area contributed by atoms with Crippen molar-refractivity contribution in [3.63, 3.8) is 0 Å². The predicted octanol–water partition coefficient (Wildman–Crippen LogP) is 3.83. The molecule has 0 aliphatic carbocycles. The van der Waals surface area contributed by atoms with Gasteiger partial charge in [-0.25, -0.2) is 4.39 Å². The molecule has 1 amide bonds. The van der Waals surface area contributed by atoms with E-state index < -0.39 is 0 Å². The van der Waals surface area contributed by atoms with Crippen molar-refractivity contribution in [2.45, 2.75) is 27.3 Å². The lowest BCUT2D eigenvalue weighted by Gasteiger charge is -2.33. The summed E-state index contributed by atoms with van der Waals surface area (Å²) in [7, 11) is 0. The molecule has 0 unspecified atom stereocenters. The van der Waals surface area contributed by atoms with E-state index in [1.165, 1.54) is 12.1 Å². The molecule has 4 rings (SSSR count). The van der Waals surface area contributed by atoms with E-state index in [0.717, 1.165) is 22.7 Å². The van der Waals surface area contributed by atoms with Gasteiger partial charge in [-0.15, -0.1) is 0 Å². The molecule has 0 radical (unpaired) electrons. The van der Waals surface area contributed by atoms with E-state index in [-0.39, 0.29) is 17.5 Å². The van der Waals surface area contributed by atoms with Gasteiger partial charge < -0.3 is 13.9 Å². The quantitative estimate of drug-likeness (QED) is 0.550. The molecule has 168 valence electrons. The highest BCUT2D eigenvalue weighted by Gasteiger charge is 2.26. The number of hydrogen-bond acceptors (Lipinski definition) is 4. The van der Waals surface area contributed by atoms with E-state index in [1.807, 2.05) is 26.8 Å². The molecule has 1 fully saturated rings. The number of nitrogens with zero attached hydrogens (tertiary/aromatic N) is 3. The lowest BCUT2D eigenvalue weighted by molar-refractivity contribution is 0.0595. The molecule has 32 heavy (non-hydrogen) atoms. The van der Waals surface area contributed by atoms with Gasteiger partial charge in [0.2, 0.25) is 0 Å². The number of hydrogen-bond donors (Lipinski definition) is 0. The highest BCUT2D eigenvalue weighted by atomic mass is 19.1. The van der Waals surface area contributed by atoms with Crippen LogP contribution in [0.1, 0.15) is 43.6 Å². The Kier molecular flexibility index (Phi) is 6.28. The lowest BCUT2D eigenvalue weighted by Crippen LogP contribution is -2.49. The fraction of sp³-hybridized carbons (Fsp3) is 0.360. The highest BCUT2D eigenvalue weighted by Crippen LogP contribution is 2.19. The van der Waals surface area contributed by atoms with Gasteiger partial charge in [0.25, 0.3) is 5.91 Å². The zero-order valence-electron chi connectivity index (χ0n) is 18.7. The number of carbonyl (C=O) groups excluding carboxylic acids is 2. The topological polar surface area (TPSA) is 58.7 Å². The number of carbonyl (C=O) groups is 2. The number of ketones is 1. The van der Waals surface area contributed by atoms with Gasteiger partial charge in [0, 0.05) is 49.7 Å². The van der Waals surface area contributed by atoms with Gasteiger partial charge in [0.1, 0.15) is 11.6 Å². The fourth-order valence-electron chi connectivity index (χ4n) is 4.20. The van der Waals surface area contributed by atoms with Crippen molar-refractivity contribution in [2.75, 3.05) is 32.7 Å². The summed E-state index contributed by atoms with van der Waals surface area (Å²) in [5.41, 5.74) is 3.62. The number of Topliss-reactive ketones (excluding diaryl/α,β-unsaturated/α-hetero) is 1. The molecule has 1 aromatic carbocycles. The Bertz CT molecular complexity index is 1120. The van der Waals surface area contributed by atoms with Crippen LogP contribution >= 0.6 is 0 Å². The first-order valence-corrected chi connectivity index (χ1v) is 10.8. The number of aromatic nitrogens is 1. The maximum absolute atomic E-state index is 13.2. The molecule has 0 N–H and O–H groups in total. The fourth-order valence-corrected chi connectivity index (χ4v) is 4.20. The number of aryl methyl sites for hydroxylation is 2. The van der Waals surface area contributed by atoms with E-state index in [9.17, 15) is 14.0 Å². The van der Waals surface area contributed by atoms with E-state index in [2.05, 4.69) is 9.47 Å². The molecule has 1 aliphatic rings. The van der Waals surface area contributed by atoms with Crippen LogP contribution in [-0.2, 0) is 6.54 Å². The molecule has 6 nitrogen and oxygen atoms in total. The van der Waals surface area contributed by atoms with Crippen molar-refractivity contribution in [1.29, 1.82) is 0 Å². The average molecular weight is 438 g/mol. The SMILES string of the molecule is Cc1ccc(C(=O)N2CCN(CC(=O)c3cc(C)n(Cc4ccc(F)cc4)c3C)CC2)o1. The third-order valence-corrected chi connectivity index (χ3v) is 6.11. The number of rotatable bonds is 6. The lowest BCUT2D eigenvalue weighted by atomic mass is 10.1. The first-order chi connectivity index (χ1) is 15.3. The molecule has 7 heteroatoms. The van der Waals surface area contributed by atoms with Crippen molar-refractivity contribution in [3.8, 4) is 0 Å². The number of piperazine rings is 1. The van der Waals surface area contributed by atoms with Gasteiger partial charge in [-0.05, 0) is 56.7 Å². The van der Waals surface area contributed by atoms with Crippen molar-refractivity contribution in [2.24, 2.45) is 0 Å². The zero-order chi connectivity index (χ0) is 22.8. The molecular formula is C25H28FN3O3. The second kappa shape index (κ2) is 9.12. The molecule has 1 aliphatic heterocycles. The molecule has 0 spiro atoms. The second-order valence-corrected chi connectivity index (χ2v) is 8.40. The summed E-state index contributed by atoms with van der Waals surface area (Å²) in [6.45, 7) is 9.08. The third-order valence-electron chi connectivity index (χ3n) is 6.11. The summed E-state index contributed by atoms with van der Waals surface area (Å²) in [5, 5.41) is 0. The molecule has 0 saturated carbocycles. The number of halogens is 1. The number of amides is 1. The summed E-state index contributed by atoms with van der Waals surface area (Å²) in [6.07, 6.45) is 0. The molecule has 2 aromatic heterocycles. The molecule has 0 atom stereocenters. The maximum atomic E-state index is 13.2. The van der Waals surface area contributed by atoms with Crippen molar-refractivity contribution in [1.82, 2.24) is 14.4 Å². The smallest absolute Gasteiger partial charge is 0.289 e. The highest BCUT2D eigenvalue weighted by molar-refractivity contribution is 5.99. The minimum Gasteiger partial charge on any atom is -0.456 e. The Morgan fingerprint density at radius 1 is 0.969 bits per heavy atom. The predicted molar refractivity (Wildman–Crippen MR) is 120 cm³/mol. The van der Waals surface area contributed by atoms with Gasteiger partial charge in [-0.1, -0.05) is 12.1 Å². The molecular weight excluding hydrogens is 409 g/mol. The van der Waals surface area contributed by atoms with E-state index in [0.29, 0.717) is 50.6 Å². The van der Waals surface area contributed by atoms with E-state index >= 15 is 0 Å². The number of furan rings is 1. The van der Waals surface area contributed by atoms with Crippen LogP contribution < -0.4 is 0 Å². The van der Waals surface area contributed by atoms with Crippen molar-refractivity contribution >= 4 is 11.7 Å². The van der Waals surface area contributed by atoms with Crippen LogP contribution in [0.5, 0.6) is 0 Å². The third kappa shape index (κ3) is 4.67. The van der Waals surface area contributed by atoms with Crippen LogP contribution in [0.4, 0.5) is 4.39 Å². The Morgan fingerprint density at radius 2 is 1.66 bits per heavy atom. The Morgan fingerprint density at radius 3 is 2.28 bits per heavy atom. The zero-order valence-corrected chi connectivity index (χ0v) is 18.7. The van der Waals surface area contributed by atoms with Gasteiger partial charge in [0.05, 0.1) is 6.54 Å². The normalized spacial score (nSPS) is 14.7. The van der Waals surface area contributed by atoms with Crippen LogP contribution in [0.15, 0.2) is 46.9 Å². The Hall–Kier alpha value is -3.19. The first kappa shape index (κ1) is 22.0. The molecule has 0 bridgehead atoms. The first-order valence-electron chi connectivity index (χ1n) is 10.8. The molecule has 3 aromatic rings. The van der Waals surface area contributed by atoms with Gasteiger partial charge in [-0.3, -0.25) is 14.5 Å². The van der Waals surface area contributed by atoms with Gasteiger partial charge in [0.15, 0.2) is 11.5 Å². The van der Waals surface area contributed by atoms with Gasteiger partial charge >= 0.3 is 0 Å². The number of benzene rings is 1.